The van der Waals surface area contributed by atoms with Gasteiger partial charge in [0.1, 0.15) is 12.6 Å². The fourth-order valence-electron chi connectivity index (χ4n) is 2.12. The lowest BCUT2D eigenvalue weighted by Crippen LogP contribution is -2.59. The summed E-state index contributed by atoms with van der Waals surface area (Å²) < 4.78 is 5.13. The molecule has 19 heavy (non-hydrogen) atoms. The standard InChI is InChI=1S/C11H17N3O5/c12-10(17)8-6-19-4-3-13(8)11(18)14(5-9(15)16)7-1-2-7/h7-8H,1-6H2,(H2,12,17)(H,15,16). The number of hydrogen-bond donors (Lipinski definition) is 2. The van der Waals surface area contributed by atoms with Crippen molar-refractivity contribution in [2.24, 2.45) is 5.73 Å². The number of nitrogens with zero attached hydrogens (tertiary/aromatic N) is 2. The third kappa shape index (κ3) is 3.14. The fourth-order valence-corrected chi connectivity index (χ4v) is 2.12. The number of morpholine rings is 1. The van der Waals surface area contributed by atoms with Crippen molar-refractivity contribution in [2.75, 3.05) is 26.3 Å². The second-order valence-corrected chi connectivity index (χ2v) is 4.72. The van der Waals surface area contributed by atoms with Gasteiger partial charge in [0.25, 0.3) is 0 Å². The maximum Gasteiger partial charge on any atom is 0.323 e. The molecular weight excluding hydrogens is 254 g/mol. The molecule has 1 saturated heterocycles. The lowest BCUT2D eigenvalue weighted by molar-refractivity contribution is -0.138. The summed E-state index contributed by atoms with van der Waals surface area (Å²) in [6, 6.07) is -1.31. The Balaban J connectivity index is 2.10. The molecule has 0 radical (unpaired) electrons. The van der Waals surface area contributed by atoms with Gasteiger partial charge in [0.2, 0.25) is 5.91 Å². The van der Waals surface area contributed by atoms with Gasteiger partial charge in [-0.1, -0.05) is 0 Å². The number of urea groups is 1. The number of ether oxygens (including phenoxy) is 1. The number of rotatable bonds is 4. The Bertz CT molecular complexity index is 396. The molecule has 1 heterocycles. The first kappa shape index (κ1) is 13.6. The van der Waals surface area contributed by atoms with E-state index in [-0.39, 0.29) is 25.7 Å². The smallest absolute Gasteiger partial charge is 0.323 e. The van der Waals surface area contributed by atoms with Crippen LogP contribution >= 0.6 is 0 Å². The highest BCUT2D eigenvalue weighted by molar-refractivity contribution is 5.87. The Hall–Kier alpha value is -1.83. The topological polar surface area (TPSA) is 113 Å². The zero-order valence-electron chi connectivity index (χ0n) is 10.4. The number of carbonyl (C=O) groups is 3. The summed E-state index contributed by atoms with van der Waals surface area (Å²) in [5.74, 6) is -1.71. The minimum Gasteiger partial charge on any atom is -0.480 e. The molecule has 1 atom stereocenters. The third-order valence-electron chi connectivity index (χ3n) is 3.24. The van der Waals surface area contributed by atoms with Gasteiger partial charge in [-0.15, -0.1) is 0 Å². The normalized spacial score (nSPS) is 22.9. The second kappa shape index (κ2) is 5.43. The molecule has 1 saturated carbocycles. The van der Waals surface area contributed by atoms with Crippen molar-refractivity contribution in [3.63, 3.8) is 0 Å². The number of amides is 3. The number of nitrogens with two attached hydrogens (primary N) is 1. The quantitative estimate of drug-likeness (QED) is 0.669. The van der Waals surface area contributed by atoms with Crippen LogP contribution in [0.4, 0.5) is 4.79 Å². The van der Waals surface area contributed by atoms with Crippen molar-refractivity contribution < 1.29 is 24.2 Å². The Morgan fingerprint density at radius 2 is 2.05 bits per heavy atom. The Labute approximate surface area is 110 Å². The molecule has 2 rings (SSSR count). The molecule has 0 aromatic heterocycles. The van der Waals surface area contributed by atoms with Crippen LogP contribution in [0.1, 0.15) is 12.8 Å². The van der Waals surface area contributed by atoms with E-state index < -0.39 is 23.9 Å². The molecule has 106 valence electrons. The first-order chi connectivity index (χ1) is 9.00. The number of carboxylic acid groups (broad SMARTS) is 1. The van der Waals surface area contributed by atoms with Crippen LogP contribution in [0, 0.1) is 0 Å². The van der Waals surface area contributed by atoms with E-state index in [1.54, 1.807) is 0 Å². The van der Waals surface area contributed by atoms with Gasteiger partial charge in [-0.25, -0.2) is 4.79 Å². The van der Waals surface area contributed by atoms with Crippen molar-refractivity contribution in [1.82, 2.24) is 9.80 Å². The first-order valence-electron chi connectivity index (χ1n) is 6.17. The maximum atomic E-state index is 12.4. The monoisotopic (exact) mass is 271 g/mol. The van der Waals surface area contributed by atoms with Gasteiger partial charge in [-0.3, -0.25) is 9.59 Å². The van der Waals surface area contributed by atoms with E-state index in [4.69, 9.17) is 15.6 Å². The second-order valence-electron chi connectivity index (χ2n) is 4.72. The largest absolute Gasteiger partial charge is 0.480 e. The van der Waals surface area contributed by atoms with Gasteiger partial charge in [-0.2, -0.15) is 0 Å². The summed E-state index contributed by atoms with van der Waals surface area (Å²) in [5, 5.41) is 8.85. The molecule has 3 amide bonds. The molecule has 1 aliphatic heterocycles. The number of carbonyl (C=O) groups excluding carboxylic acids is 2. The Morgan fingerprint density at radius 3 is 2.58 bits per heavy atom. The van der Waals surface area contributed by atoms with Crippen molar-refractivity contribution in [3.05, 3.63) is 0 Å². The molecule has 2 aliphatic rings. The molecule has 3 N–H and O–H groups in total. The van der Waals surface area contributed by atoms with E-state index >= 15 is 0 Å². The highest BCUT2D eigenvalue weighted by Gasteiger charge is 2.40. The molecule has 0 bridgehead atoms. The van der Waals surface area contributed by atoms with Crippen molar-refractivity contribution in [3.8, 4) is 0 Å². The van der Waals surface area contributed by atoms with Gasteiger partial charge in [0.05, 0.1) is 13.2 Å². The predicted molar refractivity (Wildman–Crippen MR) is 63.3 cm³/mol. The zero-order valence-corrected chi connectivity index (χ0v) is 10.4. The molecular formula is C11H17N3O5. The van der Waals surface area contributed by atoms with Crippen molar-refractivity contribution in [1.29, 1.82) is 0 Å². The minimum atomic E-state index is -1.07. The van der Waals surface area contributed by atoms with Crippen LogP contribution in [0.15, 0.2) is 0 Å². The van der Waals surface area contributed by atoms with Crippen LogP contribution in [0.2, 0.25) is 0 Å². The molecule has 0 spiro atoms. The molecule has 0 aromatic rings. The molecule has 1 unspecified atom stereocenters. The van der Waals surface area contributed by atoms with Crippen LogP contribution in [-0.4, -0.2) is 71.2 Å². The number of hydrogen-bond acceptors (Lipinski definition) is 4. The van der Waals surface area contributed by atoms with Crippen LogP contribution in [0.25, 0.3) is 0 Å². The average molecular weight is 271 g/mol. The lowest BCUT2D eigenvalue weighted by Gasteiger charge is -2.37. The van der Waals surface area contributed by atoms with E-state index in [2.05, 4.69) is 0 Å². The molecule has 8 heteroatoms. The maximum absolute atomic E-state index is 12.4. The van der Waals surface area contributed by atoms with Crippen molar-refractivity contribution >= 4 is 17.9 Å². The van der Waals surface area contributed by atoms with E-state index in [9.17, 15) is 14.4 Å². The zero-order chi connectivity index (χ0) is 14.0. The highest BCUT2D eigenvalue weighted by atomic mass is 16.5. The van der Waals surface area contributed by atoms with Crippen LogP contribution in [-0.2, 0) is 14.3 Å². The minimum absolute atomic E-state index is 0.0417. The summed E-state index contributed by atoms with van der Waals surface area (Å²) in [7, 11) is 0. The van der Waals surface area contributed by atoms with Gasteiger partial charge in [0, 0.05) is 12.6 Å². The summed E-state index contributed by atoms with van der Waals surface area (Å²) in [5.41, 5.74) is 5.24. The van der Waals surface area contributed by atoms with E-state index in [0.29, 0.717) is 6.61 Å². The SMILES string of the molecule is NC(=O)C1COCCN1C(=O)N(CC(=O)O)C1CC1. The molecule has 2 fully saturated rings. The summed E-state index contributed by atoms with van der Waals surface area (Å²) in [6.07, 6.45) is 1.59. The van der Waals surface area contributed by atoms with Gasteiger partial charge in [0.15, 0.2) is 0 Å². The highest BCUT2D eigenvalue weighted by Crippen LogP contribution is 2.28. The van der Waals surface area contributed by atoms with Crippen LogP contribution < -0.4 is 5.73 Å². The van der Waals surface area contributed by atoms with Crippen molar-refractivity contribution in [2.45, 2.75) is 24.9 Å². The van der Waals surface area contributed by atoms with Crippen LogP contribution in [0.3, 0.4) is 0 Å². The summed E-state index contributed by atoms with van der Waals surface area (Å²) >= 11 is 0. The van der Waals surface area contributed by atoms with Crippen LogP contribution in [0.5, 0.6) is 0 Å². The van der Waals surface area contributed by atoms with Gasteiger partial charge < -0.3 is 25.4 Å². The summed E-state index contributed by atoms with van der Waals surface area (Å²) in [4.78, 5) is 37.1. The first-order valence-corrected chi connectivity index (χ1v) is 6.17. The molecule has 1 aliphatic carbocycles. The fraction of sp³-hybridized carbons (Fsp3) is 0.727. The van der Waals surface area contributed by atoms with E-state index in [0.717, 1.165) is 12.8 Å². The number of primary amides is 1. The van der Waals surface area contributed by atoms with E-state index in [1.807, 2.05) is 0 Å². The average Bonchev–Trinajstić information content (AvgIpc) is 3.19. The number of aliphatic carboxylic acids is 1. The van der Waals surface area contributed by atoms with Gasteiger partial charge >= 0.3 is 12.0 Å². The Morgan fingerprint density at radius 1 is 1.37 bits per heavy atom. The molecule has 8 nitrogen and oxygen atoms in total. The predicted octanol–water partition coefficient (Wildman–Crippen LogP) is -1.16. The molecule has 0 aromatic carbocycles. The Kier molecular flexibility index (Phi) is 3.89. The number of carboxylic acids is 1. The summed E-state index contributed by atoms with van der Waals surface area (Å²) in [6.45, 7) is 0.273. The lowest BCUT2D eigenvalue weighted by atomic mass is 10.2. The third-order valence-corrected chi connectivity index (χ3v) is 3.24. The van der Waals surface area contributed by atoms with Gasteiger partial charge in [-0.05, 0) is 12.8 Å². The van der Waals surface area contributed by atoms with E-state index in [1.165, 1.54) is 9.80 Å².